The lowest BCUT2D eigenvalue weighted by Crippen LogP contribution is -2.41. The lowest BCUT2D eigenvalue weighted by Gasteiger charge is -2.24. The highest BCUT2D eigenvalue weighted by Crippen LogP contribution is 2.11. The van der Waals surface area contributed by atoms with Crippen molar-refractivity contribution < 1.29 is 0 Å². The number of nitrogens with two attached hydrogens (primary N) is 1. The zero-order valence-corrected chi connectivity index (χ0v) is 12.1. The van der Waals surface area contributed by atoms with Gasteiger partial charge in [-0.05, 0) is 32.6 Å². The minimum atomic E-state index is 0.111. The summed E-state index contributed by atoms with van der Waals surface area (Å²) < 4.78 is 0. The molecule has 1 aliphatic rings. The summed E-state index contributed by atoms with van der Waals surface area (Å²) in [6, 6.07) is 0. The lowest BCUT2D eigenvalue weighted by molar-refractivity contribution is 0.359. The van der Waals surface area contributed by atoms with Gasteiger partial charge in [0.1, 0.15) is 5.84 Å². The monoisotopic (exact) mass is 251 g/mol. The van der Waals surface area contributed by atoms with E-state index in [0.29, 0.717) is 0 Å². The molecule has 1 atom stereocenters. The average Bonchev–Trinajstić information content (AvgIpc) is 2.81. The van der Waals surface area contributed by atoms with Crippen molar-refractivity contribution in [1.82, 2.24) is 4.90 Å². The fourth-order valence-corrected chi connectivity index (χ4v) is 2.27. The van der Waals surface area contributed by atoms with Crippen molar-refractivity contribution in [3.63, 3.8) is 0 Å². The maximum Gasteiger partial charge on any atom is 0.100 e. The molecule has 0 bridgehead atoms. The van der Waals surface area contributed by atoms with E-state index in [-0.39, 0.29) is 6.17 Å². The van der Waals surface area contributed by atoms with Gasteiger partial charge in [-0.2, -0.15) is 0 Å². The van der Waals surface area contributed by atoms with E-state index in [0.717, 1.165) is 19.5 Å². The van der Waals surface area contributed by atoms with E-state index < -0.39 is 0 Å². The molecular formula is C15H29N3. The molecule has 0 aromatic rings. The second-order valence-corrected chi connectivity index (χ2v) is 5.09. The van der Waals surface area contributed by atoms with Gasteiger partial charge in [0.15, 0.2) is 0 Å². The van der Waals surface area contributed by atoms with Gasteiger partial charge >= 0.3 is 0 Å². The maximum absolute atomic E-state index is 5.92. The number of unbranched alkanes of at least 4 members (excludes halogenated alkanes) is 4. The Morgan fingerprint density at radius 1 is 1.28 bits per heavy atom. The molecule has 0 radical (unpaired) electrons. The summed E-state index contributed by atoms with van der Waals surface area (Å²) in [6.45, 7) is 6.20. The fraction of sp³-hybridized carbons (Fsp3) is 0.800. The van der Waals surface area contributed by atoms with Crippen molar-refractivity contribution in [2.75, 3.05) is 13.1 Å². The molecule has 0 saturated heterocycles. The standard InChI is InChI=1S/C15H29N3/c1-3-4-5-6-7-8-9-10-11-15-17-12-13-18(15)14(2)16/h6-7,14H,3-5,8-13,16H2,1-2H3/b7-6+. The number of rotatable bonds is 9. The Bertz CT molecular complexity index is 269. The number of hydrogen-bond donors (Lipinski definition) is 1. The summed E-state index contributed by atoms with van der Waals surface area (Å²) in [5.74, 6) is 1.22. The van der Waals surface area contributed by atoms with Crippen LogP contribution in [0.5, 0.6) is 0 Å². The number of amidine groups is 1. The molecule has 18 heavy (non-hydrogen) atoms. The zero-order chi connectivity index (χ0) is 13.2. The predicted molar refractivity (Wildman–Crippen MR) is 79.8 cm³/mol. The van der Waals surface area contributed by atoms with Crippen LogP contribution in [0.1, 0.15) is 58.8 Å². The van der Waals surface area contributed by atoms with Crippen LogP contribution in [0.2, 0.25) is 0 Å². The van der Waals surface area contributed by atoms with E-state index in [2.05, 4.69) is 29.0 Å². The van der Waals surface area contributed by atoms with E-state index >= 15 is 0 Å². The predicted octanol–water partition coefficient (Wildman–Crippen LogP) is 3.31. The summed E-state index contributed by atoms with van der Waals surface area (Å²) in [5.41, 5.74) is 5.92. The van der Waals surface area contributed by atoms with Gasteiger partial charge in [0, 0.05) is 13.0 Å². The van der Waals surface area contributed by atoms with Crippen molar-refractivity contribution in [2.24, 2.45) is 10.7 Å². The van der Waals surface area contributed by atoms with E-state index in [1.165, 1.54) is 44.4 Å². The van der Waals surface area contributed by atoms with Gasteiger partial charge in [0.2, 0.25) is 0 Å². The van der Waals surface area contributed by atoms with Crippen molar-refractivity contribution in [3.05, 3.63) is 12.2 Å². The van der Waals surface area contributed by atoms with Gasteiger partial charge in [0.05, 0.1) is 12.7 Å². The normalized spacial score (nSPS) is 17.5. The third kappa shape index (κ3) is 5.67. The summed E-state index contributed by atoms with van der Waals surface area (Å²) in [4.78, 5) is 6.77. The highest BCUT2D eigenvalue weighted by Gasteiger charge is 2.18. The molecule has 3 heteroatoms. The van der Waals surface area contributed by atoms with Gasteiger partial charge in [-0.15, -0.1) is 0 Å². The van der Waals surface area contributed by atoms with E-state index in [9.17, 15) is 0 Å². The Morgan fingerprint density at radius 3 is 2.67 bits per heavy atom. The van der Waals surface area contributed by atoms with Crippen LogP contribution in [-0.4, -0.2) is 30.0 Å². The van der Waals surface area contributed by atoms with Gasteiger partial charge in [0.25, 0.3) is 0 Å². The molecule has 2 N–H and O–H groups in total. The van der Waals surface area contributed by atoms with Crippen LogP contribution in [0.4, 0.5) is 0 Å². The number of allylic oxidation sites excluding steroid dienone is 2. The minimum absolute atomic E-state index is 0.111. The van der Waals surface area contributed by atoms with Gasteiger partial charge in [-0.3, -0.25) is 4.99 Å². The number of nitrogens with zero attached hydrogens (tertiary/aromatic N) is 2. The molecule has 104 valence electrons. The molecule has 0 amide bonds. The molecule has 0 saturated carbocycles. The quantitative estimate of drug-likeness (QED) is 0.504. The Kier molecular flexibility index (Phi) is 7.74. The molecule has 1 unspecified atom stereocenters. The van der Waals surface area contributed by atoms with Crippen molar-refractivity contribution >= 4 is 5.84 Å². The molecule has 1 rings (SSSR count). The highest BCUT2D eigenvalue weighted by atomic mass is 15.3. The Balaban J connectivity index is 2.06. The first-order valence-corrected chi connectivity index (χ1v) is 7.46. The molecule has 1 heterocycles. The van der Waals surface area contributed by atoms with E-state index in [1.54, 1.807) is 0 Å². The van der Waals surface area contributed by atoms with Gasteiger partial charge in [-0.1, -0.05) is 31.9 Å². The summed E-state index contributed by atoms with van der Waals surface area (Å²) in [5, 5.41) is 0. The van der Waals surface area contributed by atoms with Crippen molar-refractivity contribution in [1.29, 1.82) is 0 Å². The van der Waals surface area contributed by atoms with Crippen LogP contribution in [0.25, 0.3) is 0 Å². The van der Waals surface area contributed by atoms with Crippen molar-refractivity contribution in [3.8, 4) is 0 Å². The Hall–Kier alpha value is -0.830. The molecule has 0 aromatic heterocycles. The van der Waals surface area contributed by atoms with Gasteiger partial charge < -0.3 is 10.6 Å². The first-order valence-electron chi connectivity index (χ1n) is 7.46. The van der Waals surface area contributed by atoms with Gasteiger partial charge in [-0.25, -0.2) is 0 Å². The van der Waals surface area contributed by atoms with Crippen LogP contribution in [0.15, 0.2) is 17.1 Å². The minimum Gasteiger partial charge on any atom is -0.343 e. The molecule has 0 fully saturated rings. The Morgan fingerprint density at radius 2 is 2.00 bits per heavy atom. The fourth-order valence-electron chi connectivity index (χ4n) is 2.27. The number of hydrogen-bond acceptors (Lipinski definition) is 3. The summed E-state index contributed by atoms with van der Waals surface area (Å²) in [6.07, 6.45) is 13.4. The summed E-state index contributed by atoms with van der Waals surface area (Å²) >= 11 is 0. The van der Waals surface area contributed by atoms with Crippen molar-refractivity contribution in [2.45, 2.75) is 65.0 Å². The third-order valence-electron chi connectivity index (χ3n) is 3.37. The topological polar surface area (TPSA) is 41.6 Å². The van der Waals surface area contributed by atoms with Crippen LogP contribution >= 0.6 is 0 Å². The van der Waals surface area contributed by atoms with Crippen LogP contribution in [-0.2, 0) is 0 Å². The molecule has 0 spiro atoms. The van der Waals surface area contributed by atoms with Crippen LogP contribution in [0.3, 0.4) is 0 Å². The first-order chi connectivity index (χ1) is 8.75. The van der Waals surface area contributed by atoms with Crippen LogP contribution in [0, 0.1) is 0 Å². The lowest BCUT2D eigenvalue weighted by atomic mass is 10.1. The summed E-state index contributed by atoms with van der Waals surface area (Å²) in [7, 11) is 0. The molecule has 3 nitrogen and oxygen atoms in total. The Labute approximate surface area is 112 Å². The number of aliphatic imine (C=N–C) groups is 1. The molecule has 0 aromatic carbocycles. The first kappa shape index (κ1) is 15.2. The average molecular weight is 251 g/mol. The second kappa shape index (κ2) is 9.15. The SMILES string of the molecule is CCCC/C=C/CCCCC1=NCCN1C(C)N. The van der Waals surface area contributed by atoms with Crippen LogP contribution < -0.4 is 5.73 Å². The maximum atomic E-state index is 5.92. The molecule has 1 aliphatic heterocycles. The smallest absolute Gasteiger partial charge is 0.100 e. The van der Waals surface area contributed by atoms with E-state index in [4.69, 9.17) is 5.73 Å². The zero-order valence-electron chi connectivity index (χ0n) is 12.1. The third-order valence-corrected chi connectivity index (χ3v) is 3.37. The van der Waals surface area contributed by atoms with E-state index in [1.807, 2.05) is 6.92 Å². The molecular weight excluding hydrogens is 222 g/mol. The second-order valence-electron chi connectivity index (χ2n) is 5.09. The largest absolute Gasteiger partial charge is 0.343 e. The highest BCUT2D eigenvalue weighted by molar-refractivity contribution is 5.83. The molecule has 0 aliphatic carbocycles.